The summed E-state index contributed by atoms with van der Waals surface area (Å²) in [6.45, 7) is 5.24. The largest absolute Gasteiger partial charge is 0.348 e. The van der Waals surface area contributed by atoms with Crippen molar-refractivity contribution in [3.8, 4) is 5.82 Å². The number of thiophene rings is 1. The van der Waals surface area contributed by atoms with Crippen LogP contribution in [0.4, 0.5) is 21.9 Å². The van der Waals surface area contributed by atoms with E-state index in [0.717, 1.165) is 19.3 Å². The minimum absolute atomic E-state index is 0.202. The van der Waals surface area contributed by atoms with Crippen LogP contribution in [0.5, 0.6) is 0 Å². The predicted molar refractivity (Wildman–Crippen MR) is 150 cm³/mol. The van der Waals surface area contributed by atoms with Gasteiger partial charge in [0, 0.05) is 36.7 Å². The quantitative estimate of drug-likeness (QED) is 0.309. The Hall–Kier alpha value is -4.91. The molecule has 0 bridgehead atoms. The van der Waals surface area contributed by atoms with Crippen molar-refractivity contribution in [3.63, 3.8) is 0 Å². The molecule has 2 atom stereocenters. The van der Waals surface area contributed by atoms with Crippen LogP contribution in [-0.4, -0.2) is 49.7 Å². The van der Waals surface area contributed by atoms with Crippen molar-refractivity contribution in [1.29, 1.82) is 0 Å². The van der Waals surface area contributed by atoms with Crippen LogP contribution in [0.15, 0.2) is 60.3 Å². The van der Waals surface area contributed by atoms with Crippen LogP contribution in [0.25, 0.3) is 16.0 Å². The molecule has 5 heterocycles. The fourth-order valence-corrected chi connectivity index (χ4v) is 6.24. The predicted octanol–water partition coefficient (Wildman–Crippen LogP) is 3.18. The summed E-state index contributed by atoms with van der Waals surface area (Å²) >= 11 is 1.18. The van der Waals surface area contributed by atoms with Crippen molar-refractivity contribution in [3.05, 3.63) is 76.3 Å². The van der Waals surface area contributed by atoms with Crippen molar-refractivity contribution in [1.82, 2.24) is 30.4 Å². The Kier molecular flexibility index (Phi) is 6.34. The van der Waals surface area contributed by atoms with Gasteiger partial charge in [0.15, 0.2) is 5.82 Å². The average molecular weight is 557 g/mol. The number of nitrogens with zero attached hydrogens (tertiary/aromatic N) is 5. The Labute approximate surface area is 231 Å². The van der Waals surface area contributed by atoms with E-state index in [-0.39, 0.29) is 29.5 Å². The number of urea groups is 1. The topological polar surface area (TPSA) is 151 Å². The molecule has 1 fully saturated rings. The molecule has 40 heavy (non-hydrogen) atoms. The number of hydrogen-bond donors (Lipinski definition) is 3. The first-order valence-corrected chi connectivity index (χ1v) is 13.4. The SMILES string of the molecule is C=CC(=O)N[C@H]1CCC[C@H]1NC(=O)c1sc2nccc3c2c1NC(=O)N3c1cn(-c2cccnn2)c(=O)cc1C. The molecule has 0 spiro atoms. The zero-order valence-corrected chi connectivity index (χ0v) is 22.2. The monoisotopic (exact) mass is 556 g/mol. The second kappa shape index (κ2) is 10.0. The van der Waals surface area contributed by atoms with E-state index in [4.69, 9.17) is 0 Å². The van der Waals surface area contributed by atoms with E-state index >= 15 is 0 Å². The summed E-state index contributed by atoms with van der Waals surface area (Å²) in [4.78, 5) is 58.5. The average Bonchev–Trinajstić information content (AvgIpc) is 3.54. The number of rotatable bonds is 6. The number of hydrogen-bond acceptors (Lipinski definition) is 8. The number of carbonyl (C=O) groups is 3. The van der Waals surface area contributed by atoms with Gasteiger partial charge in [0.2, 0.25) is 5.91 Å². The minimum Gasteiger partial charge on any atom is -0.348 e. The van der Waals surface area contributed by atoms with E-state index in [0.29, 0.717) is 43.5 Å². The number of anilines is 3. The molecule has 13 heteroatoms. The second-order valence-electron chi connectivity index (χ2n) is 9.54. The van der Waals surface area contributed by atoms with E-state index in [1.807, 2.05) is 0 Å². The fraction of sp³-hybridized carbons (Fsp3) is 0.222. The van der Waals surface area contributed by atoms with Gasteiger partial charge in [-0.25, -0.2) is 9.78 Å². The van der Waals surface area contributed by atoms with Crippen molar-refractivity contribution in [2.24, 2.45) is 0 Å². The molecule has 0 aromatic carbocycles. The van der Waals surface area contributed by atoms with Gasteiger partial charge in [0.05, 0.1) is 22.4 Å². The molecule has 0 radical (unpaired) electrons. The van der Waals surface area contributed by atoms with Gasteiger partial charge < -0.3 is 16.0 Å². The molecule has 12 nitrogen and oxygen atoms in total. The number of nitrogens with one attached hydrogen (secondary N) is 3. The normalized spacial score (nSPS) is 17.9. The van der Waals surface area contributed by atoms with Crippen LogP contribution in [0.1, 0.15) is 34.5 Å². The summed E-state index contributed by atoms with van der Waals surface area (Å²) in [5.74, 6) is -0.323. The van der Waals surface area contributed by atoms with Gasteiger partial charge in [-0.05, 0) is 56.0 Å². The van der Waals surface area contributed by atoms with Crippen LogP contribution in [0.3, 0.4) is 0 Å². The van der Waals surface area contributed by atoms with E-state index in [2.05, 4.69) is 37.7 Å². The number of aryl methyl sites for hydroxylation is 1. The molecule has 6 rings (SSSR count). The zero-order chi connectivity index (χ0) is 28.0. The number of pyridine rings is 2. The fourth-order valence-electron chi connectivity index (χ4n) is 5.22. The van der Waals surface area contributed by atoms with Gasteiger partial charge in [-0.15, -0.1) is 16.4 Å². The first kappa shape index (κ1) is 25.4. The van der Waals surface area contributed by atoms with Crippen molar-refractivity contribution in [2.45, 2.75) is 38.3 Å². The summed E-state index contributed by atoms with van der Waals surface area (Å²) < 4.78 is 1.33. The van der Waals surface area contributed by atoms with Gasteiger partial charge in [-0.3, -0.25) is 23.9 Å². The summed E-state index contributed by atoms with van der Waals surface area (Å²) in [5.41, 5.74) is 1.64. The third-order valence-electron chi connectivity index (χ3n) is 7.08. The van der Waals surface area contributed by atoms with Crippen molar-refractivity contribution < 1.29 is 14.4 Å². The Morgan fingerprint density at radius 3 is 2.70 bits per heavy atom. The smallest absolute Gasteiger partial charge is 0.331 e. The summed E-state index contributed by atoms with van der Waals surface area (Å²) in [6.07, 6.45) is 8.18. The maximum Gasteiger partial charge on any atom is 0.331 e. The molecule has 0 unspecified atom stereocenters. The van der Waals surface area contributed by atoms with Crippen LogP contribution in [-0.2, 0) is 4.79 Å². The van der Waals surface area contributed by atoms with E-state index in [1.165, 1.54) is 39.1 Å². The van der Waals surface area contributed by atoms with Crippen molar-refractivity contribution >= 4 is 56.5 Å². The lowest BCUT2D eigenvalue weighted by Crippen LogP contribution is -2.48. The van der Waals surface area contributed by atoms with Gasteiger partial charge in [0.25, 0.3) is 11.5 Å². The highest BCUT2D eigenvalue weighted by Crippen LogP contribution is 2.46. The first-order valence-electron chi connectivity index (χ1n) is 12.6. The van der Waals surface area contributed by atoms with Crippen LogP contribution < -0.4 is 26.4 Å². The molecule has 3 N–H and O–H groups in total. The standard InChI is InChI=1S/C27H24N8O4S/c1-3-20(36)30-15-6-4-7-16(15)31-25(38)24-23-22-17(9-11-28-26(22)40-24)35(27(39)32-23)18-13-34(21(37)12-14(18)2)19-8-5-10-29-33-19/h3,5,8-13,15-16H,1,4,6-7H2,2H3,(H,30,36)(H,31,38)(H,32,39)/t15-,16+/m0/s1. The van der Waals surface area contributed by atoms with Gasteiger partial charge in [-0.1, -0.05) is 6.58 Å². The van der Waals surface area contributed by atoms with Gasteiger partial charge >= 0.3 is 6.03 Å². The molecule has 4 aromatic rings. The molecule has 0 saturated heterocycles. The summed E-state index contributed by atoms with van der Waals surface area (Å²) in [6, 6.07) is 5.51. The Morgan fingerprint density at radius 1 is 1.15 bits per heavy atom. The lowest BCUT2D eigenvalue weighted by atomic mass is 10.1. The summed E-state index contributed by atoms with van der Waals surface area (Å²) in [5, 5.41) is 17.3. The highest BCUT2D eigenvalue weighted by Gasteiger charge is 2.35. The molecule has 4 aromatic heterocycles. The lowest BCUT2D eigenvalue weighted by Gasteiger charge is -2.29. The van der Waals surface area contributed by atoms with Gasteiger partial charge in [-0.2, -0.15) is 5.10 Å². The molecule has 1 aliphatic carbocycles. The minimum atomic E-state index is -0.489. The molecule has 1 aliphatic heterocycles. The highest BCUT2D eigenvalue weighted by molar-refractivity contribution is 7.21. The highest BCUT2D eigenvalue weighted by atomic mass is 32.1. The van der Waals surface area contributed by atoms with E-state index in [1.54, 1.807) is 37.5 Å². The molecular weight excluding hydrogens is 532 g/mol. The molecular formula is C27H24N8O4S. The molecule has 202 valence electrons. The van der Waals surface area contributed by atoms with Crippen LogP contribution >= 0.6 is 11.3 Å². The first-order chi connectivity index (χ1) is 19.4. The Bertz CT molecular complexity index is 1750. The van der Waals surface area contributed by atoms with Crippen LogP contribution in [0.2, 0.25) is 0 Å². The van der Waals surface area contributed by atoms with E-state index < -0.39 is 6.03 Å². The second-order valence-corrected chi connectivity index (χ2v) is 10.5. The summed E-state index contributed by atoms with van der Waals surface area (Å²) in [7, 11) is 0. The number of carbonyl (C=O) groups excluding carboxylic acids is 3. The molecule has 4 amide bonds. The van der Waals surface area contributed by atoms with Gasteiger partial charge in [0.1, 0.15) is 9.71 Å². The van der Waals surface area contributed by atoms with E-state index in [9.17, 15) is 19.2 Å². The Morgan fingerprint density at radius 2 is 1.95 bits per heavy atom. The zero-order valence-electron chi connectivity index (χ0n) is 21.4. The number of amides is 4. The maximum atomic E-state index is 13.6. The molecule has 1 saturated carbocycles. The molecule has 2 aliphatic rings. The third-order valence-corrected chi connectivity index (χ3v) is 8.17. The van der Waals surface area contributed by atoms with Crippen molar-refractivity contribution in [2.75, 3.05) is 10.2 Å². The Balaban J connectivity index is 1.39. The lowest BCUT2D eigenvalue weighted by molar-refractivity contribution is -0.117. The third kappa shape index (κ3) is 4.29. The maximum absolute atomic E-state index is 13.6. The number of aromatic nitrogens is 4. The van der Waals surface area contributed by atoms with Crippen LogP contribution in [0, 0.1) is 6.92 Å².